The summed E-state index contributed by atoms with van der Waals surface area (Å²) in [6, 6.07) is 9.78. The van der Waals surface area contributed by atoms with Crippen molar-refractivity contribution < 1.29 is 23.4 Å². The highest BCUT2D eigenvalue weighted by Crippen LogP contribution is 2.29. The lowest BCUT2D eigenvalue weighted by Crippen LogP contribution is -2.25. The second-order valence-electron chi connectivity index (χ2n) is 6.01. The van der Waals surface area contributed by atoms with Gasteiger partial charge in [0.2, 0.25) is 0 Å². The first-order valence-corrected chi connectivity index (χ1v) is 8.17. The lowest BCUT2D eigenvalue weighted by molar-refractivity contribution is -0.197. The average molecular weight is 346 g/mol. The number of ether oxygens (including phenoxy) is 2. The molecular weight excluding hydrogens is 326 g/mol. The third kappa shape index (κ3) is 3.95. The molecule has 5 heteroatoms. The minimum Gasteiger partial charge on any atom is -0.396 e. The van der Waals surface area contributed by atoms with E-state index in [0.29, 0.717) is 24.3 Å². The predicted molar refractivity (Wildman–Crippen MR) is 90.9 cm³/mol. The zero-order valence-electron chi connectivity index (χ0n) is 13.8. The van der Waals surface area contributed by atoms with Crippen LogP contribution in [0.5, 0.6) is 0 Å². The van der Waals surface area contributed by atoms with E-state index in [-0.39, 0.29) is 24.5 Å². The highest BCUT2D eigenvalue weighted by molar-refractivity contribution is 5.64. The van der Waals surface area contributed by atoms with E-state index in [1.54, 1.807) is 12.1 Å². The van der Waals surface area contributed by atoms with Gasteiger partial charge < -0.3 is 14.6 Å². The van der Waals surface area contributed by atoms with Crippen LogP contribution in [-0.2, 0) is 15.9 Å². The molecular formula is C20H20F2O3. The Balaban J connectivity index is 1.78. The van der Waals surface area contributed by atoms with Crippen molar-refractivity contribution in [1.29, 1.82) is 0 Å². The van der Waals surface area contributed by atoms with Crippen LogP contribution in [-0.4, -0.2) is 24.9 Å². The molecule has 0 aliphatic carbocycles. The summed E-state index contributed by atoms with van der Waals surface area (Å²) in [6.45, 7) is 4.54. The number of aliphatic hydroxyl groups is 1. The highest BCUT2D eigenvalue weighted by Gasteiger charge is 2.21. The molecule has 2 aromatic carbocycles. The van der Waals surface area contributed by atoms with Crippen LogP contribution in [0.15, 0.2) is 49.1 Å². The summed E-state index contributed by atoms with van der Waals surface area (Å²) in [4.78, 5) is 0. The summed E-state index contributed by atoms with van der Waals surface area (Å²) >= 11 is 0. The van der Waals surface area contributed by atoms with Crippen LogP contribution in [0, 0.1) is 17.6 Å². The van der Waals surface area contributed by atoms with Crippen molar-refractivity contribution in [3.05, 3.63) is 71.8 Å². The Morgan fingerprint density at radius 3 is 2.16 bits per heavy atom. The average Bonchev–Trinajstić information content (AvgIpc) is 2.65. The molecule has 25 heavy (non-hydrogen) atoms. The Hall–Kier alpha value is -2.08. The van der Waals surface area contributed by atoms with Crippen molar-refractivity contribution >= 4 is 0 Å². The molecule has 0 aromatic heterocycles. The normalized spacial score (nSPS) is 20.4. The van der Waals surface area contributed by atoms with E-state index >= 15 is 0 Å². The van der Waals surface area contributed by atoms with Gasteiger partial charge in [-0.2, -0.15) is 0 Å². The summed E-state index contributed by atoms with van der Waals surface area (Å²) in [7, 11) is 0. The van der Waals surface area contributed by atoms with E-state index in [1.807, 2.05) is 18.2 Å². The number of benzene rings is 2. The van der Waals surface area contributed by atoms with Gasteiger partial charge in [0.1, 0.15) is 11.6 Å². The zero-order chi connectivity index (χ0) is 17.8. The maximum atomic E-state index is 14.0. The molecule has 3 nitrogen and oxygen atoms in total. The topological polar surface area (TPSA) is 38.7 Å². The summed E-state index contributed by atoms with van der Waals surface area (Å²) in [5, 5.41) is 8.88. The predicted octanol–water partition coefficient (Wildman–Crippen LogP) is 4.01. The van der Waals surface area contributed by atoms with E-state index < -0.39 is 17.9 Å². The first kappa shape index (κ1) is 17.7. The summed E-state index contributed by atoms with van der Waals surface area (Å²) in [6.07, 6.45) is 1.33. The first-order valence-electron chi connectivity index (χ1n) is 8.17. The third-order valence-electron chi connectivity index (χ3n) is 4.28. The van der Waals surface area contributed by atoms with Crippen molar-refractivity contribution in [3.8, 4) is 11.1 Å². The van der Waals surface area contributed by atoms with Crippen molar-refractivity contribution in [2.24, 2.45) is 5.92 Å². The molecule has 3 rings (SSSR count). The maximum absolute atomic E-state index is 14.0. The van der Waals surface area contributed by atoms with Gasteiger partial charge in [0, 0.05) is 30.1 Å². The fourth-order valence-electron chi connectivity index (χ4n) is 2.80. The molecule has 0 bridgehead atoms. The van der Waals surface area contributed by atoms with E-state index in [2.05, 4.69) is 6.58 Å². The van der Waals surface area contributed by atoms with Gasteiger partial charge in [-0.15, -0.1) is 6.58 Å². The summed E-state index contributed by atoms with van der Waals surface area (Å²) < 4.78 is 39.4. The second-order valence-corrected chi connectivity index (χ2v) is 6.01. The number of hydrogen-bond donors (Lipinski definition) is 1. The van der Waals surface area contributed by atoms with Crippen molar-refractivity contribution in [3.63, 3.8) is 0 Å². The lowest BCUT2D eigenvalue weighted by atomic mass is 10.0. The Morgan fingerprint density at radius 2 is 1.64 bits per heavy atom. The Morgan fingerprint density at radius 1 is 1.04 bits per heavy atom. The quantitative estimate of drug-likeness (QED) is 0.831. The summed E-state index contributed by atoms with van der Waals surface area (Å²) in [5.74, 6) is -1.11. The van der Waals surface area contributed by atoms with Gasteiger partial charge in [-0.3, -0.25) is 0 Å². The van der Waals surface area contributed by atoms with Crippen LogP contribution in [0.4, 0.5) is 8.78 Å². The molecule has 0 radical (unpaired) electrons. The number of rotatable bonds is 5. The fourth-order valence-corrected chi connectivity index (χ4v) is 2.80. The van der Waals surface area contributed by atoms with Gasteiger partial charge in [0.05, 0.1) is 13.2 Å². The SMILES string of the molecule is C=CC1COC(c2ccc(-c3cc(F)c(CCO)c(F)c3)cc2)OC1. The van der Waals surface area contributed by atoms with E-state index in [0.717, 1.165) is 5.56 Å². The van der Waals surface area contributed by atoms with Gasteiger partial charge in [-0.25, -0.2) is 8.78 Å². The highest BCUT2D eigenvalue weighted by atomic mass is 19.1. The molecule has 1 aliphatic rings. The standard InChI is InChI=1S/C20H20F2O3/c1-2-13-11-24-20(25-12-13)15-5-3-14(4-6-15)16-9-18(21)17(7-8-23)19(22)10-16/h2-6,9-10,13,20,23H,1,7-8,11-12H2. The van der Waals surface area contributed by atoms with Crippen LogP contribution in [0.25, 0.3) is 11.1 Å². The molecule has 1 N–H and O–H groups in total. The fraction of sp³-hybridized carbons (Fsp3) is 0.300. The molecule has 0 amide bonds. The lowest BCUT2D eigenvalue weighted by Gasteiger charge is -2.28. The molecule has 2 aromatic rings. The molecule has 0 spiro atoms. The third-order valence-corrected chi connectivity index (χ3v) is 4.28. The van der Waals surface area contributed by atoms with Crippen molar-refractivity contribution in [2.75, 3.05) is 19.8 Å². The van der Waals surface area contributed by atoms with Gasteiger partial charge in [-0.1, -0.05) is 30.3 Å². The molecule has 1 fully saturated rings. The van der Waals surface area contributed by atoms with Crippen LogP contribution in [0.2, 0.25) is 0 Å². The molecule has 1 saturated heterocycles. The number of halogens is 2. The van der Waals surface area contributed by atoms with E-state index in [1.165, 1.54) is 12.1 Å². The Labute approximate surface area is 145 Å². The maximum Gasteiger partial charge on any atom is 0.183 e. The number of hydrogen-bond acceptors (Lipinski definition) is 3. The van der Waals surface area contributed by atoms with E-state index in [9.17, 15) is 8.78 Å². The van der Waals surface area contributed by atoms with Crippen molar-refractivity contribution in [1.82, 2.24) is 0 Å². The minimum atomic E-state index is -0.650. The molecule has 1 aliphatic heterocycles. The van der Waals surface area contributed by atoms with Gasteiger partial charge in [-0.05, 0) is 23.3 Å². The summed E-state index contributed by atoms with van der Waals surface area (Å²) in [5.41, 5.74) is 1.89. The monoisotopic (exact) mass is 346 g/mol. The number of aliphatic hydroxyl groups excluding tert-OH is 1. The molecule has 0 unspecified atom stereocenters. The van der Waals surface area contributed by atoms with Crippen LogP contribution in [0.1, 0.15) is 17.4 Å². The van der Waals surface area contributed by atoms with Gasteiger partial charge >= 0.3 is 0 Å². The van der Waals surface area contributed by atoms with Crippen LogP contribution >= 0.6 is 0 Å². The molecule has 0 saturated carbocycles. The molecule has 132 valence electrons. The van der Waals surface area contributed by atoms with Gasteiger partial charge in [0.25, 0.3) is 0 Å². The molecule has 1 heterocycles. The largest absolute Gasteiger partial charge is 0.396 e. The first-order chi connectivity index (χ1) is 12.1. The molecule has 0 atom stereocenters. The van der Waals surface area contributed by atoms with E-state index in [4.69, 9.17) is 14.6 Å². The van der Waals surface area contributed by atoms with Crippen LogP contribution in [0.3, 0.4) is 0 Å². The minimum absolute atomic E-state index is 0.0427. The Bertz CT molecular complexity index is 712. The Kier molecular flexibility index (Phi) is 5.58. The van der Waals surface area contributed by atoms with Crippen LogP contribution < -0.4 is 0 Å². The van der Waals surface area contributed by atoms with Crippen molar-refractivity contribution in [2.45, 2.75) is 12.7 Å². The second kappa shape index (κ2) is 7.87. The smallest absolute Gasteiger partial charge is 0.183 e. The van der Waals surface area contributed by atoms with Gasteiger partial charge in [0.15, 0.2) is 6.29 Å². The zero-order valence-corrected chi connectivity index (χ0v) is 13.8.